The van der Waals surface area contributed by atoms with E-state index in [1.54, 1.807) is 0 Å². The number of benzene rings is 6. The number of pyridine rings is 1. The summed E-state index contributed by atoms with van der Waals surface area (Å²) in [5.41, 5.74) is 7.97. The Bertz CT molecular complexity index is 2550. The Hall–Kier alpha value is -4.81. The van der Waals surface area contributed by atoms with Crippen molar-refractivity contribution >= 4 is 61.4 Å². The zero-order valence-corrected chi connectivity index (χ0v) is 32.6. The van der Waals surface area contributed by atoms with E-state index in [-0.39, 0.29) is 20.1 Å². The third-order valence-electron chi connectivity index (χ3n) is 8.98. The van der Waals surface area contributed by atoms with Gasteiger partial charge in [0.15, 0.2) is 0 Å². The van der Waals surface area contributed by atoms with Gasteiger partial charge in [-0.25, -0.2) is 0 Å². The van der Waals surface area contributed by atoms with Crippen LogP contribution in [0, 0.1) is 12.1 Å². The number of furan rings is 1. The van der Waals surface area contributed by atoms with Crippen molar-refractivity contribution in [1.29, 1.82) is 0 Å². The van der Waals surface area contributed by atoms with Crippen molar-refractivity contribution in [3.05, 3.63) is 163 Å². The van der Waals surface area contributed by atoms with Gasteiger partial charge in [-0.1, -0.05) is 83.7 Å². The van der Waals surface area contributed by atoms with Gasteiger partial charge in [0.25, 0.3) is 0 Å². The van der Waals surface area contributed by atoms with Gasteiger partial charge in [0.1, 0.15) is 5.58 Å². The van der Waals surface area contributed by atoms with Crippen LogP contribution in [0.1, 0.15) is 5.56 Å². The molecular weight excluding hydrogens is 851 g/mol. The van der Waals surface area contributed by atoms with Gasteiger partial charge in [0.2, 0.25) is 0 Å². The molecule has 3 aromatic heterocycles. The van der Waals surface area contributed by atoms with E-state index in [9.17, 15) is 0 Å². The van der Waals surface area contributed by atoms with Crippen LogP contribution >= 0.6 is 0 Å². The van der Waals surface area contributed by atoms with Crippen molar-refractivity contribution < 1.29 is 24.5 Å². The molecule has 6 heteroatoms. The Morgan fingerprint density at radius 3 is 2.18 bits per heavy atom. The molecule has 1 radical (unpaired) electrons. The fourth-order valence-electron chi connectivity index (χ4n) is 6.33. The number of para-hydroxylation sites is 1. The third kappa shape index (κ3) is 6.69. The van der Waals surface area contributed by atoms with Gasteiger partial charge in [0, 0.05) is 32.0 Å². The fourth-order valence-corrected chi connectivity index (χ4v) is 8.51. The van der Waals surface area contributed by atoms with E-state index < -0.39 is 13.3 Å². The second kappa shape index (κ2) is 14.2. The zero-order valence-electron chi connectivity index (χ0n) is 28.1. The summed E-state index contributed by atoms with van der Waals surface area (Å²) in [5.74, 6) is 8.01. The normalized spacial score (nSPS) is 11.4. The molecule has 0 bridgehead atoms. The average molecular weight is 887 g/mol. The summed E-state index contributed by atoms with van der Waals surface area (Å²) in [5, 5.41) is 4.59. The summed E-state index contributed by atoms with van der Waals surface area (Å²) in [6.45, 7) is 0.718. The number of aromatic nitrogens is 3. The van der Waals surface area contributed by atoms with E-state index in [0.29, 0.717) is 0 Å². The quantitative estimate of drug-likeness (QED) is 0.128. The molecule has 0 amide bonds. The van der Waals surface area contributed by atoms with Crippen LogP contribution in [-0.2, 0) is 26.7 Å². The minimum Gasteiger partial charge on any atom is -0.501 e. The van der Waals surface area contributed by atoms with Gasteiger partial charge in [0.05, 0.1) is 22.4 Å². The molecule has 0 saturated heterocycles. The van der Waals surface area contributed by atoms with Crippen molar-refractivity contribution in [3.8, 4) is 22.6 Å². The molecule has 0 aliphatic heterocycles. The molecule has 0 saturated carbocycles. The minimum absolute atomic E-state index is 0. The van der Waals surface area contributed by atoms with Crippen LogP contribution < -0.4 is 4.40 Å². The molecule has 50 heavy (non-hydrogen) atoms. The van der Waals surface area contributed by atoms with Crippen LogP contribution in [0.25, 0.3) is 66.4 Å². The Morgan fingerprint density at radius 2 is 1.44 bits per heavy atom. The van der Waals surface area contributed by atoms with Gasteiger partial charge in [-0.2, -0.15) is 0 Å². The predicted octanol–water partition coefficient (Wildman–Crippen LogP) is 10.7. The number of hydrogen-bond acceptors (Lipinski definition) is 3. The van der Waals surface area contributed by atoms with Crippen molar-refractivity contribution in [2.45, 2.75) is 23.8 Å². The smallest absolute Gasteiger partial charge is 0.120 e. The maximum absolute atomic E-state index is 6.33. The molecule has 3 heterocycles. The molecule has 0 aliphatic carbocycles. The molecule has 9 rings (SSSR count). The summed E-state index contributed by atoms with van der Waals surface area (Å²) in [7, 11) is 0. The fraction of sp³-hybridized carbons (Fsp3) is 0.0909. The first-order valence-corrected chi connectivity index (χ1v) is 24.0. The molecule has 247 valence electrons. The largest absolute Gasteiger partial charge is 0.501 e. The minimum atomic E-state index is -1.72. The molecular formula is C44H35GeIrN3O-2. The van der Waals surface area contributed by atoms with Crippen molar-refractivity contribution in [3.63, 3.8) is 0 Å². The van der Waals surface area contributed by atoms with E-state index >= 15 is 0 Å². The van der Waals surface area contributed by atoms with Gasteiger partial charge in [-0.15, -0.1) is 18.2 Å². The number of nitrogens with zero attached hydrogens (tertiary/aromatic N) is 3. The molecule has 0 spiro atoms. The molecule has 0 unspecified atom stereocenters. The number of hydrogen-bond donors (Lipinski definition) is 0. The second-order valence-corrected chi connectivity index (χ2v) is 24.0. The van der Waals surface area contributed by atoms with Crippen molar-refractivity contribution in [2.75, 3.05) is 0 Å². The van der Waals surface area contributed by atoms with Gasteiger partial charge in [-0.05, 0) is 34.5 Å². The summed E-state index contributed by atoms with van der Waals surface area (Å²) >= 11 is -1.72. The first-order valence-electron chi connectivity index (χ1n) is 16.6. The van der Waals surface area contributed by atoms with Crippen LogP contribution in [0.2, 0.25) is 17.3 Å². The van der Waals surface area contributed by atoms with E-state index in [2.05, 4.69) is 124 Å². The molecule has 0 atom stereocenters. The monoisotopic (exact) mass is 888 g/mol. The molecule has 6 aromatic carbocycles. The molecule has 9 aromatic rings. The maximum Gasteiger partial charge on any atom is 0.120 e. The van der Waals surface area contributed by atoms with Gasteiger partial charge >= 0.3 is 99.8 Å². The first kappa shape index (κ1) is 33.7. The number of rotatable bonds is 5. The van der Waals surface area contributed by atoms with E-state index in [1.165, 1.54) is 20.7 Å². The SMILES string of the molecule is [CH3][Ge]([CH3])([CH3])[c]1ccc(-c2[c-]cccc2)nc1.[Ir].[c-]1ccc2c(oc3ccccc32)c1-c1nc2cc3ccccc3cc2n1Cc1ccccc1. The number of imidazole rings is 1. The zero-order chi connectivity index (χ0) is 33.4. The molecule has 0 N–H and O–H groups in total. The van der Waals surface area contributed by atoms with Gasteiger partial charge in [-0.3, -0.25) is 4.98 Å². The van der Waals surface area contributed by atoms with Crippen molar-refractivity contribution in [1.82, 2.24) is 14.5 Å². The maximum atomic E-state index is 6.33. The molecule has 4 nitrogen and oxygen atoms in total. The summed E-state index contributed by atoms with van der Waals surface area (Å²) in [6.07, 6.45) is 2.04. The summed E-state index contributed by atoms with van der Waals surface area (Å²) in [4.78, 5) is 9.65. The Labute approximate surface area is 308 Å². The topological polar surface area (TPSA) is 43.9 Å². The van der Waals surface area contributed by atoms with Crippen LogP contribution in [0.4, 0.5) is 0 Å². The molecule has 0 aliphatic rings. The second-order valence-electron chi connectivity index (χ2n) is 13.3. The van der Waals surface area contributed by atoms with E-state index in [4.69, 9.17) is 9.40 Å². The molecule has 0 fully saturated rings. The summed E-state index contributed by atoms with van der Waals surface area (Å²) in [6, 6.07) is 54.5. The first-order chi connectivity index (χ1) is 23.9. The number of fused-ring (bicyclic) bond motifs is 5. The van der Waals surface area contributed by atoms with E-state index in [0.717, 1.165) is 62.2 Å². The predicted molar refractivity (Wildman–Crippen MR) is 206 cm³/mol. The van der Waals surface area contributed by atoms with Gasteiger partial charge < -0.3 is 8.98 Å². The Balaban J connectivity index is 0.000000196. The third-order valence-corrected chi connectivity index (χ3v) is 13.2. The van der Waals surface area contributed by atoms with Crippen LogP contribution in [0.5, 0.6) is 0 Å². The van der Waals surface area contributed by atoms with Crippen molar-refractivity contribution in [2.24, 2.45) is 0 Å². The van der Waals surface area contributed by atoms with Crippen LogP contribution in [0.3, 0.4) is 0 Å². The Morgan fingerprint density at radius 1 is 0.700 bits per heavy atom. The standard InChI is InChI=1S/C30H19N2O.C14H16GeN.Ir/c1-2-9-20(10-3-1)19-32-27-18-22-12-5-4-11-21(22)17-26(27)31-30(32)25-15-8-14-24-23-13-6-7-16-28(23)33-29(24)25;1-15(2,3)13-9-10-14(16-11-13)12-7-5-4-6-8-12;/h1-14,16-18H,19H2;4-7,9-11H,1-3H3;/q2*-1;. The summed E-state index contributed by atoms with van der Waals surface area (Å²) < 4.78 is 10.1. The Kier molecular flexibility index (Phi) is 9.57. The van der Waals surface area contributed by atoms with Crippen LogP contribution in [-0.4, -0.2) is 27.8 Å². The average Bonchev–Trinajstić information content (AvgIpc) is 3.69. The van der Waals surface area contributed by atoms with Crippen LogP contribution in [0.15, 0.2) is 150 Å². The van der Waals surface area contributed by atoms with E-state index in [1.807, 2.05) is 60.8 Å².